The third-order valence-corrected chi connectivity index (χ3v) is 4.42. The second-order valence-electron chi connectivity index (χ2n) is 5.26. The van der Waals surface area contributed by atoms with Crippen LogP contribution in [0.25, 0.3) is 10.2 Å². The number of carbonyl (C=O) groups excluding carboxylic acids is 1. The molecule has 0 saturated heterocycles. The molecule has 0 aliphatic heterocycles. The molecule has 1 saturated carbocycles. The van der Waals surface area contributed by atoms with Crippen molar-refractivity contribution in [2.24, 2.45) is 11.8 Å². The Balaban J connectivity index is 1.89. The third-order valence-electron chi connectivity index (χ3n) is 3.51. The molecule has 1 aromatic heterocycles. The molecule has 1 amide bonds. The summed E-state index contributed by atoms with van der Waals surface area (Å²) >= 11 is 1.56. The largest absolute Gasteiger partial charge is 0.302 e. The van der Waals surface area contributed by atoms with Crippen molar-refractivity contribution in [3.8, 4) is 0 Å². The molecule has 2 atom stereocenters. The van der Waals surface area contributed by atoms with Gasteiger partial charge in [-0.05, 0) is 43.4 Å². The molecule has 18 heavy (non-hydrogen) atoms. The number of hydrogen-bond acceptors (Lipinski definition) is 3. The Morgan fingerprint density at radius 1 is 1.44 bits per heavy atom. The molecule has 1 N–H and O–H groups in total. The molecule has 1 heterocycles. The number of benzene rings is 1. The predicted molar refractivity (Wildman–Crippen MR) is 75.0 cm³/mol. The summed E-state index contributed by atoms with van der Waals surface area (Å²) < 4.78 is 1.15. The molecule has 3 nitrogen and oxygen atoms in total. The number of fused-ring (bicyclic) bond motifs is 1. The standard InChI is InChI=1S/C14H16N2OS/c1-7-4-9(3)12-11(5-7)18-14(15-12)16-13(17)10-6-8(10)2/h4-5,8,10H,6H2,1-3H3,(H,15,16,17)/t8-,10-/m0/s1. The van der Waals surface area contributed by atoms with Gasteiger partial charge >= 0.3 is 0 Å². The van der Waals surface area contributed by atoms with Crippen LogP contribution in [0.2, 0.25) is 0 Å². The Hall–Kier alpha value is -1.42. The zero-order chi connectivity index (χ0) is 12.9. The molecular formula is C14H16N2OS. The van der Waals surface area contributed by atoms with Crippen molar-refractivity contribution >= 4 is 32.6 Å². The SMILES string of the molecule is Cc1cc(C)c2nc(NC(=O)[C@H]3C[C@@H]3C)sc2c1. The van der Waals surface area contributed by atoms with Gasteiger partial charge in [-0.2, -0.15) is 0 Å². The van der Waals surface area contributed by atoms with Crippen LogP contribution in [0.1, 0.15) is 24.5 Å². The molecule has 0 radical (unpaired) electrons. The lowest BCUT2D eigenvalue weighted by Gasteiger charge is -1.98. The maximum absolute atomic E-state index is 11.9. The van der Waals surface area contributed by atoms with E-state index < -0.39 is 0 Å². The van der Waals surface area contributed by atoms with Crippen LogP contribution in [0.5, 0.6) is 0 Å². The monoisotopic (exact) mass is 260 g/mol. The Morgan fingerprint density at radius 3 is 2.83 bits per heavy atom. The molecule has 0 spiro atoms. The van der Waals surface area contributed by atoms with E-state index in [0.29, 0.717) is 5.92 Å². The Morgan fingerprint density at radius 2 is 2.17 bits per heavy atom. The number of nitrogens with one attached hydrogen (secondary N) is 1. The molecule has 2 aromatic rings. The molecule has 1 aliphatic carbocycles. The number of aromatic nitrogens is 1. The average molecular weight is 260 g/mol. The van der Waals surface area contributed by atoms with E-state index >= 15 is 0 Å². The number of aryl methyl sites for hydroxylation is 2. The molecule has 4 heteroatoms. The summed E-state index contributed by atoms with van der Waals surface area (Å²) in [6.45, 7) is 6.25. The van der Waals surface area contributed by atoms with Crippen molar-refractivity contribution < 1.29 is 4.79 Å². The lowest BCUT2D eigenvalue weighted by atomic mass is 10.1. The summed E-state index contributed by atoms with van der Waals surface area (Å²) in [6, 6.07) is 4.24. The van der Waals surface area contributed by atoms with E-state index in [1.54, 1.807) is 11.3 Å². The van der Waals surface area contributed by atoms with Crippen LogP contribution in [-0.4, -0.2) is 10.9 Å². The van der Waals surface area contributed by atoms with Gasteiger partial charge in [-0.1, -0.05) is 24.3 Å². The van der Waals surface area contributed by atoms with Crippen LogP contribution in [-0.2, 0) is 4.79 Å². The second kappa shape index (κ2) is 4.05. The summed E-state index contributed by atoms with van der Waals surface area (Å²) in [5, 5.41) is 3.66. The molecule has 1 aromatic carbocycles. The summed E-state index contributed by atoms with van der Waals surface area (Å²) in [5.41, 5.74) is 3.41. The fourth-order valence-corrected chi connectivity index (χ4v) is 3.35. The van der Waals surface area contributed by atoms with E-state index in [0.717, 1.165) is 21.8 Å². The van der Waals surface area contributed by atoms with Crippen molar-refractivity contribution in [3.05, 3.63) is 23.3 Å². The van der Waals surface area contributed by atoms with Crippen LogP contribution in [0, 0.1) is 25.7 Å². The van der Waals surface area contributed by atoms with E-state index in [4.69, 9.17) is 0 Å². The van der Waals surface area contributed by atoms with Crippen LogP contribution < -0.4 is 5.32 Å². The first-order valence-corrected chi connectivity index (χ1v) is 7.05. The molecule has 1 fully saturated rings. The van der Waals surface area contributed by atoms with Crippen LogP contribution >= 0.6 is 11.3 Å². The maximum Gasteiger partial charge on any atom is 0.229 e. The zero-order valence-electron chi connectivity index (χ0n) is 10.8. The van der Waals surface area contributed by atoms with Crippen molar-refractivity contribution in [3.63, 3.8) is 0 Å². The van der Waals surface area contributed by atoms with E-state index in [1.807, 2.05) is 0 Å². The van der Waals surface area contributed by atoms with Gasteiger partial charge in [-0.3, -0.25) is 4.79 Å². The molecule has 0 bridgehead atoms. The van der Waals surface area contributed by atoms with Crippen molar-refractivity contribution in [1.29, 1.82) is 0 Å². The van der Waals surface area contributed by atoms with Gasteiger partial charge in [-0.25, -0.2) is 4.98 Å². The lowest BCUT2D eigenvalue weighted by molar-refractivity contribution is -0.117. The fourth-order valence-electron chi connectivity index (χ4n) is 2.31. The van der Waals surface area contributed by atoms with Crippen molar-refractivity contribution in [1.82, 2.24) is 4.98 Å². The minimum absolute atomic E-state index is 0.121. The average Bonchev–Trinajstić information content (AvgIpc) is 2.86. The maximum atomic E-state index is 11.9. The van der Waals surface area contributed by atoms with E-state index in [9.17, 15) is 4.79 Å². The van der Waals surface area contributed by atoms with Gasteiger partial charge < -0.3 is 5.32 Å². The van der Waals surface area contributed by atoms with Gasteiger partial charge in [0.05, 0.1) is 10.2 Å². The fraction of sp³-hybridized carbons (Fsp3) is 0.429. The van der Waals surface area contributed by atoms with E-state index in [1.165, 1.54) is 11.1 Å². The van der Waals surface area contributed by atoms with Crippen molar-refractivity contribution in [2.45, 2.75) is 27.2 Å². The first-order valence-electron chi connectivity index (χ1n) is 6.23. The minimum Gasteiger partial charge on any atom is -0.302 e. The molecular weight excluding hydrogens is 244 g/mol. The number of anilines is 1. The summed E-state index contributed by atoms with van der Waals surface area (Å²) in [4.78, 5) is 16.4. The van der Waals surface area contributed by atoms with E-state index in [-0.39, 0.29) is 11.8 Å². The van der Waals surface area contributed by atoms with Gasteiger partial charge in [0.25, 0.3) is 0 Å². The second-order valence-corrected chi connectivity index (χ2v) is 6.29. The highest BCUT2D eigenvalue weighted by Crippen LogP contribution is 2.39. The highest BCUT2D eigenvalue weighted by atomic mass is 32.1. The Labute approximate surface area is 110 Å². The smallest absolute Gasteiger partial charge is 0.229 e. The number of thiazole rings is 1. The highest BCUT2D eigenvalue weighted by molar-refractivity contribution is 7.22. The Kier molecular flexibility index (Phi) is 2.63. The minimum atomic E-state index is 0.121. The first-order chi connectivity index (χ1) is 8.54. The number of nitrogens with zero attached hydrogens (tertiary/aromatic N) is 1. The van der Waals surface area contributed by atoms with Crippen LogP contribution in [0.3, 0.4) is 0 Å². The highest BCUT2D eigenvalue weighted by Gasteiger charge is 2.39. The van der Waals surface area contributed by atoms with Crippen LogP contribution in [0.4, 0.5) is 5.13 Å². The van der Waals surface area contributed by atoms with Crippen LogP contribution in [0.15, 0.2) is 12.1 Å². The van der Waals surface area contributed by atoms with Gasteiger partial charge in [0, 0.05) is 5.92 Å². The molecule has 0 unspecified atom stereocenters. The molecule has 94 valence electrons. The number of hydrogen-bond donors (Lipinski definition) is 1. The normalized spacial score (nSPS) is 22.2. The van der Waals surface area contributed by atoms with Crippen molar-refractivity contribution in [2.75, 3.05) is 5.32 Å². The molecule has 1 aliphatic rings. The van der Waals surface area contributed by atoms with Gasteiger partial charge in [0.1, 0.15) is 0 Å². The topological polar surface area (TPSA) is 42.0 Å². The Bertz CT molecular complexity index is 632. The van der Waals surface area contributed by atoms with E-state index in [2.05, 4.69) is 43.2 Å². The summed E-state index contributed by atoms with van der Waals surface area (Å²) in [5.74, 6) is 0.846. The quantitative estimate of drug-likeness (QED) is 0.897. The van der Waals surface area contributed by atoms with Gasteiger partial charge in [0.15, 0.2) is 5.13 Å². The number of rotatable bonds is 2. The molecule has 3 rings (SSSR count). The van der Waals surface area contributed by atoms with Gasteiger partial charge in [-0.15, -0.1) is 0 Å². The first kappa shape index (κ1) is 11.7. The number of amides is 1. The van der Waals surface area contributed by atoms with Gasteiger partial charge in [0.2, 0.25) is 5.91 Å². The summed E-state index contributed by atoms with van der Waals surface area (Å²) in [7, 11) is 0. The zero-order valence-corrected chi connectivity index (χ0v) is 11.6. The third kappa shape index (κ3) is 2.01. The lowest BCUT2D eigenvalue weighted by Crippen LogP contribution is -2.14. The number of carbonyl (C=O) groups is 1. The predicted octanol–water partition coefficient (Wildman–Crippen LogP) is 3.51. The summed E-state index contributed by atoms with van der Waals surface area (Å²) in [6.07, 6.45) is 1.01.